The van der Waals surface area contributed by atoms with E-state index in [9.17, 15) is 4.39 Å². The van der Waals surface area contributed by atoms with E-state index in [0.29, 0.717) is 0 Å². The third-order valence-corrected chi connectivity index (χ3v) is 2.08. The molecule has 0 aromatic heterocycles. The van der Waals surface area contributed by atoms with E-state index in [-0.39, 0.29) is 21.3 Å². The van der Waals surface area contributed by atoms with E-state index < -0.39 is 5.82 Å². The molecule has 0 bridgehead atoms. The van der Waals surface area contributed by atoms with Gasteiger partial charge in [-0.1, -0.05) is 11.6 Å². The van der Waals surface area contributed by atoms with Crippen molar-refractivity contribution in [1.82, 2.24) is 0 Å². The van der Waals surface area contributed by atoms with Gasteiger partial charge in [-0.3, -0.25) is 0 Å². The summed E-state index contributed by atoms with van der Waals surface area (Å²) in [6.45, 7) is 0. The molecule has 2 nitrogen and oxygen atoms in total. The highest BCUT2D eigenvalue weighted by Crippen LogP contribution is 2.31. The summed E-state index contributed by atoms with van der Waals surface area (Å²) in [5.41, 5.74) is 11.0. The molecular formula is C6H6ClFN2S. The molecule has 0 aliphatic heterocycles. The van der Waals surface area contributed by atoms with Crippen LogP contribution in [0.2, 0.25) is 5.02 Å². The standard InChI is InChI=1S/C6H6ClFN2S/c7-4-2(9)1-3(10)6(11)5(4)8/h1,11H,9-10H2. The fourth-order valence-corrected chi connectivity index (χ4v) is 1.05. The molecule has 1 aromatic carbocycles. The SMILES string of the molecule is Nc1cc(N)c(Cl)c(F)c1S. The number of halogens is 2. The second kappa shape index (κ2) is 2.79. The molecule has 0 saturated heterocycles. The van der Waals surface area contributed by atoms with Gasteiger partial charge in [0, 0.05) is 0 Å². The number of nitrogen functional groups attached to an aromatic ring is 2. The minimum Gasteiger partial charge on any atom is -0.398 e. The first kappa shape index (κ1) is 8.49. The maximum Gasteiger partial charge on any atom is 0.159 e. The monoisotopic (exact) mass is 192 g/mol. The number of nitrogens with two attached hydrogens (primary N) is 2. The summed E-state index contributed by atoms with van der Waals surface area (Å²) in [6, 6.07) is 1.37. The lowest BCUT2D eigenvalue weighted by molar-refractivity contribution is 0.605. The van der Waals surface area contributed by atoms with Crippen LogP contribution in [0.5, 0.6) is 0 Å². The molecule has 1 aromatic rings. The summed E-state index contributed by atoms with van der Waals surface area (Å²) in [5.74, 6) is -0.674. The van der Waals surface area contributed by atoms with Crippen LogP contribution in [0.15, 0.2) is 11.0 Å². The fraction of sp³-hybridized carbons (Fsp3) is 0. The maximum absolute atomic E-state index is 12.9. The normalized spacial score (nSPS) is 10.1. The zero-order valence-electron chi connectivity index (χ0n) is 5.44. The van der Waals surface area contributed by atoms with E-state index in [1.165, 1.54) is 6.07 Å². The van der Waals surface area contributed by atoms with Gasteiger partial charge in [0.15, 0.2) is 5.82 Å². The highest BCUT2D eigenvalue weighted by Gasteiger charge is 2.10. The summed E-state index contributed by atoms with van der Waals surface area (Å²) in [7, 11) is 0. The Morgan fingerprint density at radius 2 is 1.91 bits per heavy atom. The van der Waals surface area contributed by atoms with E-state index in [4.69, 9.17) is 23.1 Å². The van der Waals surface area contributed by atoms with Crippen LogP contribution in [-0.4, -0.2) is 0 Å². The van der Waals surface area contributed by atoms with Crippen molar-refractivity contribution in [3.05, 3.63) is 16.9 Å². The lowest BCUT2D eigenvalue weighted by Gasteiger charge is -2.04. The van der Waals surface area contributed by atoms with Gasteiger partial charge < -0.3 is 11.5 Å². The second-order valence-electron chi connectivity index (χ2n) is 2.03. The van der Waals surface area contributed by atoms with Crippen molar-refractivity contribution < 1.29 is 4.39 Å². The Bertz CT molecular complexity index is 277. The number of rotatable bonds is 0. The van der Waals surface area contributed by atoms with Gasteiger partial charge in [-0.15, -0.1) is 12.6 Å². The Kier molecular flexibility index (Phi) is 2.15. The lowest BCUT2D eigenvalue weighted by Crippen LogP contribution is -1.96. The molecular weight excluding hydrogens is 187 g/mol. The van der Waals surface area contributed by atoms with Crippen molar-refractivity contribution in [2.45, 2.75) is 4.90 Å². The van der Waals surface area contributed by atoms with E-state index in [1.807, 2.05) is 0 Å². The van der Waals surface area contributed by atoms with Crippen molar-refractivity contribution in [2.75, 3.05) is 11.5 Å². The molecule has 0 radical (unpaired) electrons. The fourth-order valence-electron chi connectivity index (χ4n) is 0.657. The molecule has 0 aliphatic rings. The van der Waals surface area contributed by atoms with E-state index in [0.717, 1.165) is 0 Å². The third-order valence-electron chi connectivity index (χ3n) is 1.24. The summed E-state index contributed by atoms with van der Waals surface area (Å²) in [5, 5.41) is -0.135. The molecule has 1 rings (SSSR count). The first-order chi connectivity index (χ1) is 5.04. The zero-order valence-corrected chi connectivity index (χ0v) is 7.09. The second-order valence-corrected chi connectivity index (χ2v) is 2.86. The minimum absolute atomic E-state index is 0.0317. The van der Waals surface area contributed by atoms with Gasteiger partial charge in [0.1, 0.15) is 5.02 Å². The van der Waals surface area contributed by atoms with Crippen LogP contribution in [-0.2, 0) is 0 Å². The van der Waals surface area contributed by atoms with Gasteiger partial charge in [0.2, 0.25) is 0 Å². The van der Waals surface area contributed by atoms with Gasteiger partial charge in [0.05, 0.1) is 16.3 Å². The topological polar surface area (TPSA) is 52.0 Å². The van der Waals surface area contributed by atoms with Crippen LogP contribution in [0, 0.1) is 5.82 Å². The van der Waals surface area contributed by atoms with Gasteiger partial charge in [0.25, 0.3) is 0 Å². The molecule has 0 saturated carbocycles. The molecule has 0 heterocycles. The summed E-state index contributed by atoms with van der Waals surface area (Å²) < 4.78 is 12.9. The van der Waals surface area contributed by atoms with E-state index in [1.54, 1.807) is 0 Å². The van der Waals surface area contributed by atoms with E-state index in [2.05, 4.69) is 12.6 Å². The lowest BCUT2D eigenvalue weighted by atomic mass is 10.3. The number of thiol groups is 1. The number of hydrogen-bond donors (Lipinski definition) is 3. The molecule has 60 valence electrons. The van der Waals surface area contributed by atoms with Gasteiger partial charge >= 0.3 is 0 Å². The zero-order chi connectivity index (χ0) is 8.59. The summed E-state index contributed by atoms with van der Waals surface area (Å²) in [4.78, 5) is 0.0317. The van der Waals surface area contributed by atoms with Crippen LogP contribution in [0.3, 0.4) is 0 Å². The van der Waals surface area contributed by atoms with Gasteiger partial charge in [-0.25, -0.2) is 4.39 Å². The summed E-state index contributed by atoms with van der Waals surface area (Å²) in [6.07, 6.45) is 0. The highest BCUT2D eigenvalue weighted by atomic mass is 35.5. The van der Waals surface area contributed by atoms with Crippen LogP contribution >= 0.6 is 24.2 Å². The van der Waals surface area contributed by atoms with Crippen molar-refractivity contribution in [2.24, 2.45) is 0 Å². The highest BCUT2D eigenvalue weighted by molar-refractivity contribution is 7.80. The first-order valence-corrected chi connectivity index (χ1v) is 3.58. The molecule has 0 fully saturated rings. The molecule has 4 N–H and O–H groups in total. The Balaban J connectivity index is 3.46. The van der Waals surface area contributed by atoms with Crippen LogP contribution in [0.25, 0.3) is 0 Å². The Hall–Kier alpha value is -0.610. The Morgan fingerprint density at radius 3 is 2.45 bits per heavy atom. The number of hydrogen-bond acceptors (Lipinski definition) is 3. The Labute approximate surface area is 73.7 Å². The predicted molar refractivity (Wildman–Crippen MR) is 47.5 cm³/mol. The van der Waals surface area contributed by atoms with Crippen molar-refractivity contribution >= 4 is 35.6 Å². The average Bonchev–Trinajstić information content (AvgIpc) is 1.97. The first-order valence-electron chi connectivity index (χ1n) is 2.76. The molecule has 0 aliphatic carbocycles. The van der Waals surface area contributed by atoms with Crippen LogP contribution in [0.4, 0.5) is 15.8 Å². The molecule has 5 heteroatoms. The number of anilines is 2. The smallest absolute Gasteiger partial charge is 0.159 e. The van der Waals surface area contributed by atoms with Gasteiger partial charge in [-0.05, 0) is 6.07 Å². The van der Waals surface area contributed by atoms with Crippen molar-refractivity contribution in [3.8, 4) is 0 Å². The number of benzene rings is 1. The summed E-state index contributed by atoms with van der Waals surface area (Å²) >= 11 is 9.24. The average molecular weight is 193 g/mol. The molecule has 11 heavy (non-hydrogen) atoms. The molecule has 0 atom stereocenters. The minimum atomic E-state index is -0.674. The van der Waals surface area contributed by atoms with Crippen molar-refractivity contribution in [1.29, 1.82) is 0 Å². The van der Waals surface area contributed by atoms with E-state index >= 15 is 0 Å². The largest absolute Gasteiger partial charge is 0.398 e. The van der Waals surface area contributed by atoms with Crippen LogP contribution < -0.4 is 11.5 Å². The molecule has 0 amide bonds. The Morgan fingerprint density at radius 1 is 1.36 bits per heavy atom. The quantitative estimate of drug-likeness (QED) is 0.435. The van der Waals surface area contributed by atoms with Crippen molar-refractivity contribution in [3.63, 3.8) is 0 Å². The van der Waals surface area contributed by atoms with Gasteiger partial charge in [-0.2, -0.15) is 0 Å². The molecule has 0 spiro atoms. The maximum atomic E-state index is 12.9. The molecule has 0 unspecified atom stereocenters. The predicted octanol–water partition coefficient (Wildman–Crippen LogP) is 1.93. The third kappa shape index (κ3) is 1.36. The van der Waals surface area contributed by atoms with Crippen LogP contribution in [0.1, 0.15) is 0 Å².